The number of aryl methyl sites for hydroxylation is 1. The van der Waals surface area contributed by atoms with Crippen molar-refractivity contribution in [3.8, 4) is 5.75 Å². The Hall–Kier alpha value is -2.38. The lowest BCUT2D eigenvalue weighted by Crippen LogP contribution is -2.15. The topological polar surface area (TPSA) is 64.1 Å². The van der Waals surface area contributed by atoms with Gasteiger partial charge in [0.15, 0.2) is 5.16 Å². The third-order valence-electron chi connectivity index (χ3n) is 3.85. The number of nitrogens with one attached hydrogen (secondary N) is 1. The molecule has 0 saturated carbocycles. The van der Waals surface area contributed by atoms with Crippen molar-refractivity contribution >= 4 is 39.3 Å². The van der Waals surface area contributed by atoms with Crippen LogP contribution < -0.4 is 10.1 Å². The van der Waals surface area contributed by atoms with E-state index in [1.165, 1.54) is 22.9 Å². The summed E-state index contributed by atoms with van der Waals surface area (Å²) in [6, 6.07) is 15.5. The molecule has 0 atom stereocenters. The molecular formula is C21H20BrN3O2S. The van der Waals surface area contributed by atoms with Crippen LogP contribution in [0.2, 0.25) is 0 Å². The van der Waals surface area contributed by atoms with Gasteiger partial charge in [-0.15, -0.1) is 0 Å². The van der Waals surface area contributed by atoms with E-state index in [2.05, 4.69) is 62.4 Å². The fourth-order valence-electron chi connectivity index (χ4n) is 2.40. The number of anilines is 1. The largest absolute Gasteiger partial charge is 0.494 e. The van der Waals surface area contributed by atoms with E-state index in [9.17, 15) is 4.79 Å². The van der Waals surface area contributed by atoms with Crippen molar-refractivity contribution in [2.24, 2.45) is 0 Å². The first-order valence-electron chi connectivity index (χ1n) is 8.80. The number of benzene rings is 2. The summed E-state index contributed by atoms with van der Waals surface area (Å²) in [6.07, 6.45) is 1.61. The summed E-state index contributed by atoms with van der Waals surface area (Å²) in [4.78, 5) is 21.4. The Morgan fingerprint density at radius 3 is 2.54 bits per heavy atom. The predicted molar refractivity (Wildman–Crippen MR) is 116 cm³/mol. The SMILES string of the molecule is CCOc1ccc(NC(=O)c2nc(SCc3ccc(C)cc3)ncc2Br)cc1. The second kappa shape index (κ2) is 9.71. The van der Waals surface area contributed by atoms with Crippen LogP contribution in [0.5, 0.6) is 5.75 Å². The molecule has 0 radical (unpaired) electrons. The van der Waals surface area contributed by atoms with Crippen LogP contribution >= 0.6 is 27.7 Å². The number of halogens is 1. The van der Waals surface area contributed by atoms with Gasteiger partial charge in [-0.3, -0.25) is 4.79 Å². The van der Waals surface area contributed by atoms with Gasteiger partial charge < -0.3 is 10.1 Å². The highest BCUT2D eigenvalue weighted by Crippen LogP contribution is 2.23. The van der Waals surface area contributed by atoms with E-state index in [0.717, 1.165) is 11.5 Å². The first-order valence-corrected chi connectivity index (χ1v) is 10.6. The van der Waals surface area contributed by atoms with Crippen molar-refractivity contribution in [1.82, 2.24) is 9.97 Å². The summed E-state index contributed by atoms with van der Waals surface area (Å²) in [6.45, 7) is 4.59. The molecule has 0 bridgehead atoms. The van der Waals surface area contributed by atoms with Gasteiger partial charge in [-0.25, -0.2) is 9.97 Å². The van der Waals surface area contributed by atoms with Crippen LogP contribution in [0.3, 0.4) is 0 Å². The van der Waals surface area contributed by atoms with Crippen molar-refractivity contribution < 1.29 is 9.53 Å². The van der Waals surface area contributed by atoms with Crippen molar-refractivity contribution in [2.75, 3.05) is 11.9 Å². The number of hydrogen-bond acceptors (Lipinski definition) is 5. The Balaban J connectivity index is 1.67. The summed E-state index contributed by atoms with van der Waals surface area (Å²) in [7, 11) is 0. The van der Waals surface area contributed by atoms with Gasteiger partial charge in [-0.05, 0) is 59.6 Å². The minimum Gasteiger partial charge on any atom is -0.494 e. The fraction of sp³-hybridized carbons (Fsp3) is 0.190. The van der Waals surface area contributed by atoms with Gasteiger partial charge >= 0.3 is 0 Å². The molecule has 7 heteroatoms. The Kier molecular flexibility index (Phi) is 7.06. The average Bonchev–Trinajstić information content (AvgIpc) is 2.70. The Morgan fingerprint density at radius 2 is 1.86 bits per heavy atom. The molecule has 0 aliphatic rings. The molecule has 1 aromatic heterocycles. The van der Waals surface area contributed by atoms with E-state index >= 15 is 0 Å². The molecule has 0 unspecified atom stereocenters. The number of carbonyl (C=O) groups excluding carboxylic acids is 1. The second-order valence-electron chi connectivity index (χ2n) is 6.03. The molecule has 2 aromatic carbocycles. The molecule has 1 N–H and O–H groups in total. The molecule has 0 saturated heterocycles. The zero-order chi connectivity index (χ0) is 19.9. The van der Waals surface area contributed by atoms with Crippen LogP contribution in [-0.2, 0) is 5.75 Å². The van der Waals surface area contributed by atoms with Crippen LogP contribution in [-0.4, -0.2) is 22.5 Å². The van der Waals surface area contributed by atoms with Crippen molar-refractivity contribution in [1.29, 1.82) is 0 Å². The second-order valence-corrected chi connectivity index (χ2v) is 7.83. The van der Waals surface area contributed by atoms with E-state index < -0.39 is 0 Å². The number of aromatic nitrogens is 2. The maximum atomic E-state index is 12.6. The first-order chi connectivity index (χ1) is 13.5. The van der Waals surface area contributed by atoms with E-state index in [0.29, 0.717) is 27.6 Å². The minimum absolute atomic E-state index is 0.296. The molecule has 0 spiro atoms. The van der Waals surface area contributed by atoms with E-state index in [1.807, 2.05) is 19.1 Å². The molecule has 0 fully saturated rings. The normalized spacial score (nSPS) is 10.5. The predicted octanol–water partition coefficient (Wildman–Crippen LogP) is 5.49. The standard InChI is InChI=1S/C21H20BrN3O2S/c1-3-27-17-10-8-16(9-11-17)24-20(26)19-18(22)12-23-21(25-19)28-13-15-6-4-14(2)5-7-15/h4-12H,3,13H2,1-2H3,(H,24,26). The fourth-order valence-corrected chi connectivity index (χ4v) is 3.55. The van der Waals surface area contributed by atoms with Crippen LogP contribution in [0.1, 0.15) is 28.5 Å². The zero-order valence-corrected chi connectivity index (χ0v) is 18.0. The smallest absolute Gasteiger partial charge is 0.275 e. The summed E-state index contributed by atoms with van der Waals surface area (Å²) in [5.74, 6) is 1.20. The van der Waals surface area contributed by atoms with Gasteiger partial charge in [0.2, 0.25) is 0 Å². The summed E-state index contributed by atoms with van der Waals surface area (Å²) < 4.78 is 5.96. The number of thioether (sulfide) groups is 1. The molecule has 0 aliphatic carbocycles. The van der Waals surface area contributed by atoms with Crippen LogP contribution in [0.4, 0.5) is 5.69 Å². The highest BCUT2D eigenvalue weighted by Gasteiger charge is 2.14. The zero-order valence-electron chi connectivity index (χ0n) is 15.6. The van der Waals surface area contributed by atoms with Crippen molar-refractivity contribution in [2.45, 2.75) is 24.8 Å². The Morgan fingerprint density at radius 1 is 1.14 bits per heavy atom. The van der Waals surface area contributed by atoms with Gasteiger partial charge in [0.1, 0.15) is 11.4 Å². The van der Waals surface area contributed by atoms with Crippen LogP contribution in [0.25, 0.3) is 0 Å². The van der Waals surface area contributed by atoms with Crippen molar-refractivity contribution in [3.63, 3.8) is 0 Å². The summed E-state index contributed by atoms with van der Waals surface area (Å²) in [5, 5.41) is 3.41. The summed E-state index contributed by atoms with van der Waals surface area (Å²) in [5.41, 5.74) is 3.38. The van der Waals surface area contributed by atoms with Gasteiger partial charge in [0, 0.05) is 17.6 Å². The number of nitrogens with zero attached hydrogens (tertiary/aromatic N) is 2. The lowest BCUT2D eigenvalue weighted by atomic mass is 10.2. The number of amides is 1. The Bertz CT molecular complexity index is 947. The maximum absolute atomic E-state index is 12.6. The molecule has 3 rings (SSSR count). The lowest BCUT2D eigenvalue weighted by molar-refractivity contribution is 0.102. The van der Waals surface area contributed by atoms with Gasteiger partial charge in [-0.2, -0.15) is 0 Å². The molecule has 1 amide bonds. The first kappa shape index (κ1) is 20.4. The number of rotatable bonds is 7. The third kappa shape index (κ3) is 5.56. The highest BCUT2D eigenvalue weighted by molar-refractivity contribution is 9.10. The van der Waals surface area contributed by atoms with E-state index in [4.69, 9.17) is 4.74 Å². The van der Waals surface area contributed by atoms with E-state index in [-0.39, 0.29) is 5.91 Å². The highest BCUT2D eigenvalue weighted by atomic mass is 79.9. The molecule has 144 valence electrons. The molecule has 1 heterocycles. The van der Waals surface area contributed by atoms with Crippen LogP contribution in [0, 0.1) is 6.92 Å². The number of hydrogen-bond donors (Lipinski definition) is 1. The molecule has 0 aliphatic heterocycles. The molecule has 3 aromatic rings. The van der Waals surface area contributed by atoms with Gasteiger partial charge in [0.25, 0.3) is 5.91 Å². The van der Waals surface area contributed by atoms with E-state index in [1.54, 1.807) is 18.3 Å². The molecular weight excluding hydrogens is 438 g/mol. The number of carbonyl (C=O) groups is 1. The quantitative estimate of drug-likeness (QED) is 0.375. The van der Waals surface area contributed by atoms with Gasteiger partial charge in [-0.1, -0.05) is 41.6 Å². The molecule has 5 nitrogen and oxygen atoms in total. The third-order valence-corrected chi connectivity index (χ3v) is 5.36. The maximum Gasteiger partial charge on any atom is 0.275 e. The Labute approximate surface area is 177 Å². The van der Waals surface area contributed by atoms with Gasteiger partial charge in [0.05, 0.1) is 11.1 Å². The molecule has 28 heavy (non-hydrogen) atoms. The number of ether oxygens (including phenoxy) is 1. The summed E-state index contributed by atoms with van der Waals surface area (Å²) >= 11 is 4.86. The van der Waals surface area contributed by atoms with Crippen LogP contribution in [0.15, 0.2) is 64.4 Å². The monoisotopic (exact) mass is 457 g/mol. The lowest BCUT2D eigenvalue weighted by Gasteiger charge is -2.09. The average molecular weight is 458 g/mol. The minimum atomic E-state index is -0.296. The van der Waals surface area contributed by atoms with Crippen molar-refractivity contribution in [3.05, 3.63) is 76.0 Å².